The molecule has 0 spiro atoms. The monoisotopic (exact) mass is 685 g/mol. The number of imide groups is 1. The van der Waals surface area contributed by atoms with E-state index in [0.717, 1.165) is 32.1 Å². The van der Waals surface area contributed by atoms with Crippen molar-refractivity contribution in [3.8, 4) is 5.75 Å². The summed E-state index contributed by atoms with van der Waals surface area (Å²) in [6.07, 6.45) is 0. The highest BCUT2D eigenvalue weighted by Crippen LogP contribution is 2.54. The van der Waals surface area contributed by atoms with Crippen LogP contribution in [0, 0.1) is 5.92 Å². The molecule has 1 fully saturated rings. The first-order chi connectivity index (χ1) is 21.3. The molecule has 3 atom stereocenters. The lowest BCUT2D eigenvalue weighted by atomic mass is 9.83. The van der Waals surface area contributed by atoms with Gasteiger partial charge < -0.3 is 10.1 Å². The molecule has 220 valence electrons. The van der Waals surface area contributed by atoms with Gasteiger partial charge in [-0.2, -0.15) is 0 Å². The molecule has 1 N–H and O–H groups in total. The second-order valence-corrected chi connectivity index (χ2v) is 13.5. The predicted octanol–water partition coefficient (Wildman–Crippen LogP) is 6.27. The number of hydrogen-bond acceptors (Lipinski definition) is 7. The first kappa shape index (κ1) is 28.6. The molecule has 1 aromatic heterocycles. The van der Waals surface area contributed by atoms with E-state index in [9.17, 15) is 19.2 Å². The standard InChI is InChI=1S/C33H24BrN3O5S2/c1-42-22-15-9-19(10-16-22)26-27-28(31(40)37(30(27)39)21-13-11-20(34)12-14-21)43-32-29(26)44-33(41)36(32)17-25(38)35-24-8-4-6-18-5-2-3-7-23(18)24/h2-16,26-28H,17H2,1H3,(H,35,38)/t26-,27-,28+/m0/s1. The number of methoxy groups -OCH3 is 1. The van der Waals surface area contributed by atoms with Gasteiger partial charge in [0, 0.05) is 26.3 Å². The highest BCUT2D eigenvalue weighted by Gasteiger charge is 2.56. The molecule has 0 unspecified atom stereocenters. The number of rotatable bonds is 6. The highest BCUT2D eigenvalue weighted by molar-refractivity contribution is 9.10. The Kier molecular flexibility index (Phi) is 7.39. The number of amides is 3. The summed E-state index contributed by atoms with van der Waals surface area (Å²) in [6, 6.07) is 27.8. The average molecular weight is 687 g/mol. The maximum Gasteiger partial charge on any atom is 0.308 e. The first-order valence-corrected chi connectivity index (χ1v) is 16.3. The fourth-order valence-corrected chi connectivity index (χ4v) is 8.98. The summed E-state index contributed by atoms with van der Waals surface area (Å²) in [5, 5.41) is 4.60. The number of ether oxygens (including phenoxy) is 1. The molecule has 44 heavy (non-hydrogen) atoms. The lowest BCUT2D eigenvalue weighted by molar-refractivity contribution is -0.122. The minimum Gasteiger partial charge on any atom is -0.497 e. The normalized spacial score (nSPS) is 19.1. The van der Waals surface area contributed by atoms with Crippen molar-refractivity contribution in [1.29, 1.82) is 0 Å². The van der Waals surface area contributed by atoms with Crippen molar-refractivity contribution in [2.45, 2.75) is 22.7 Å². The van der Waals surface area contributed by atoms with E-state index in [1.807, 2.05) is 54.6 Å². The Hall–Kier alpha value is -4.19. The van der Waals surface area contributed by atoms with E-state index in [0.29, 0.717) is 27.0 Å². The molecule has 7 rings (SSSR count). The van der Waals surface area contributed by atoms with Gasteiger partial charge >= 0.3 is 4.87 Å². The van der Waals surface area contributed by atoms with Gasteiger partial charge in [-0.3, -0.25) is 23.7 Å². The van der Waals surface area contributed by atoms with Crippen molar-refractivity contribution in [3.63, 3.8) is 0 Å². The number of thiazole rings is 1. The van der Waals surface area contributed by atoms with E-state index in [1.165, 1.54) is 21.2 Å². The Morgan fingerprint density at radius 1 is 0.909 bits per heavy atom. The summed E-state index contributed by atoms with van der Waals surface area (Å²) in [4.78, 5) is 56.4. The fraction of sp³-hybridized carbons (Fsp3) is 0.152. The molecule has 0 aliphatic carbocycles. The third-order valence-corrected chi connectivity index (χ3v) is 11.1. The molecular weight excluding hydrogens is 662 g/mol. The third-order valence-electron chi connectivity index (χ3n) is 7.97. The molecule has 2 aliphatic heterocycles. The number of anilines is 2. The predicted molar refractivity (Wildman–Crippen MR) is 176 cm³/mol. The lowest BCUT2D eigenvalue weighted by Crippen LogP contribution is -2.33. The number of benzene rings is 4. The third kappa shape index (κ3) is 4.85. The van der Waals surface area contributed by atoms with E-state index in [4.69, 9.17) is 4.74 Å². The molecule has 3 heterocycles. The molecule has 11 heteroatoms. The number of nitrogens with zero attached hydrogens (tertiary/aromatic N) is 2. The van der Waals surface area contributed by atoms with E-state index in [1.54, 1.807) is 43.5 Å². The average Bonchev–Trinajstić information content (AvgIpc) is 3.48. The molecule has 5 aromatic rings. The van der Waals surface area contributed by atoms with Gasteiger partial charge in [0.2, 0.25) is 17.7 Å². The van der Waals surface area contributed by atoms with Crippen molar-refractivity contribution in [1.82, 2.24) is 4.57 Å². The number of carbonyl (C=O) groups excluding carboxylic acids is 3. The molecule has 2 aliphatic rings. The number of fused-ring (bicyclic) bond motifs is 3. The summed E-state index contributed by atoms with van der Waals surface area (Å²) in [7, 11) is 1.57. The van der Waals surface area contributed by atoms with Crippen LogP contribution in [0.15, 0.2) is 105 Å². The van der Waals surface area contributed by atoms with Crippen LogP contribution in [-0.4, -0.2) is 34.6 Å². The Bertz CT molecular complexity index is 2000. The van der Waals surface area contributed by atoms with E-state index in [-0.39, 0.29) is 29.1 Å². The zero-order chi connectivity index (χ0) is 30.5. The highest BCUT2D eigenvalue weighted by atomic mass is 79.9. The molecule has 4 aromatic carbocycles. The van der Waals surface area contributed by atoms with Crippen LogP contribution in [0.2, 0.25) is 0 Å². The van der Waals surface area contributed by atoms with Crippen molar-refractivity contribution < 1.29 is 19.1 Å². The second kappa shape index (κ2) is 11.4. The van der Waals surface area contributed by atoms with Gasteiger partial charge in [0.25, 0.3) is 0 Å². The number of carbonyl (C=O) groups is 3. The van der Waals surface area contributed by atoms with E-state index in [2.05, 4.69) is 21.2 Å². The van der Waals surface area contributed by atoms with E-state index < -0.39 is 17.1 Å². The van der Waals surface area contributed by atoms with Crippen LogP contribution >= 0.6 is 39.0 Å². The van der Waals surface area contributed by atoms with Crippen LogP contribution in [0.3, 0.4) is 0 Å². The Morgan fingerprint density at radius 3 is 2.39 bits per heavy atom. The van der Waals surface area contributed by atoms with Crippen molar-refractivity contribution in [3.05, 3.63) is 116 Å². The molecule has 0 radical (unpaired) electrons. The van der Waals surface area contributed by atoms with Crippen molar-refractivity contribution in [2.24, 2.45) is 5.92 Å². The molecule has 3 amide bonds. The molecule has 0 saturated carbocycles. The summed E-state index contributed by atoms with van der Waals surface area (Å²) >= 11 is 5.62. The summed E-state index contributed by atoms with van der Waals surface area (Å²) in [6.45, 7) is -0.230. The largest absolute Gasteiger partial charge is 0.497 e. The van der Waals surface area contributed by atoms with Gasteiger partial charge in [-0.15, -0.1) is 0 Å². The van der Waals surface area contributed by atoms with E-state index >= 15 is 0 Å². The summed E-state index contributed by atoms with van der Waals surface area (Å²) < 4.78 is 7.60. The van der Waals surface area contributed by atoms with Gasteiger partial charge in [0.05, 0.1) is 23.7 Å². The molecule has 1 saturated heterocycles. The van der Waals surface area contributed by atoms with Crippen LogP contribution in [-0.2, 0) is 20.9 Å². The second-order valence-electron chi connectivity index (χ2n) is 10.5. The fourth-order valence-electron chi connectivity index (χ4n) is 5.94. The summed E-state index contributed by atoms with van der Waals surface area (Å²) in [5.74, 6) is -1.66. The number of nitrogens with one attached hydrogen (secondary N) is 1. The van der Waals surface area contributed by atoms with Crippen LogP contribution in [0.1, 0.15) is 16.4 Å². The Balaban J connectivity index is 1.28. The lowest BCUT2D eigenvalue weighted by Gasteiger charge is -2.30. The molecular formula is C33H24BrN3O5S2. The molecule has 0 bridgehead atoms. The van der Waals surface area contributed by atoms with Gasteiger partial charge in [-0.25, -0.2) is 4.90 Å². The first-order valence-electron chi connectivity index (χ1n) is 13.8. The van der Waals surface area contributed by atoms with Gasteiger partial charge in [-0.1, -0.05) is 87.6 Å². The maximum atomic E-state index is 14.0. The van der Waals surface area contributed by atoms with Crippen LogP contribution in [0.25, 0.3) is 10.8 Å². The topological polar surface area (TPSA) is 97.7 Å². The minimum atomic E-state index is -0.771. The smallest absolute Gasteiger partial charge is 0.308 e. The Labute approximate surface area is 268 Å². The SMILES string of the molecule is COc1ccc([C@@H]2c3sc(=O)n(CC(=O)Nc4cccc5ccccc45)c3S[C@H]3C(=O)N(c4ccc(Br)cc4)C(=O)[C@@H]23)cc1. The number of halogens is 1. The van der Waals surface area contributed by atoms with Crippen molar-refractivity contribution >= 4 is 78.9 Å². The van der Waals surface area contributed by atoms with Crippen LogP contribution < -0.4 is 19.8 Å². The zero-order valence-corrected chi connectivity index (χ0v) is 26.4. The maximum absolute atomic E-state index is 14.0. The van der Waals surface area contributed by atoms with Crippen LogP contribution in [0.5, 0.6) is 5.75 Å². The van der Waals surface area contributed by atoms with Gasteiger partial charge in [-0.05, 0) is 53.4 Å². The van der Waals surface area contributed by atoms with Crippen molar-refractivity contribution in [2.75, 3.05) is 17.3 Å². The number of thioether (sulfide) groups is 1. The number of aromatic nitrogens is 1. The van der Waals surface area contributed by atoms with Gasteiger partial charge in [0.1, 0.15) is 17.5 Å². The summed E-state index contributed by atoms with van der Waals surface area (Å²) in [5.41, 5.74) is 1.92. The zero-order valence-electron chi connectivity index (χ0n) is 23.2. The molecule has 8 nitrogen and oxygen atoms in total. The minimum absolute atomic E-state index is 0.230. The van der Waals surface area contributed by atoms with Gasteiger partial charge in [0.15, 0.2) is 0 Å². The quantitative estimate of drug-likeness (QED) is 0.212. The van der Waals surface area contributed by atoms with Crippen LogP contribution in [0.4, 0.5) is 11.4 Å². The Morgan fingerprint density at radius 2 is 1.64 bits per heavy atom. The number of hydrogen-bond donors (Lipinski definition) is 1.